The van der Waals surface area contributed by atoms with Gasteiger partial charge in [0.15, 0.2) is 5.82 Å². The van der Waals surface area contributed by atoms with Crippen LogP contribution in [0.2, 0.25) is 0 Å². The van der Waals surface area contributed by atoms with Crippen molar-refractivity contribution in [2.75, 3.05) is 0 Å². The van der Waals surface area contributed by atoms with Crippen LogP contribution in [-0.4, -0.2) is 16.4 Å². The minimum Gasteiger partial charge on any atom is -0.331 e. The Morgan fingerprint density at radius 2 is 2.36 bits per heavy atom. The summed E-state index contributed by atoms with van der Waals surface area (Å²) >= 11 is 0. The summed E-state index contributed by atoms with van der Waals surface area (Å²) in [6, 6.07) is 0. The first-order valence-electron chi connectivity index (χ1n) is 3.54. The standard InChI is InChI=1S/C7H8N2O2/c1-7(2-3-7)6-8-5(4-10)11-9-6/h4H,2-3H2,1H3. The van der Waals surface area contributed by atoms with Gasteiger partial charge in [0, 0.05) is 5.41 Å². The lowest BCUT2D eigenvalue weighted by Crippen LogP contribution is -2.02. The maximum absolute atomic E-state index is 10.2. The first-order chi connectivity index (χ1) is 5.24. The Hall–Kier alpha value is -1.19. The SMILES string of the molecule is CC1(c2noc(C=O)n2)CC1. The molecule has 0 spiro atoms. The number of hydrogen-bond donors (Lipinski definition) is 0. The van der Waals surface area contributed by atoms with E-state index in [-0.39, 0.29) is 11.3 Å². The Bertz CT molecular complexity index is 288. The van der Waals surface area contributed by atoms with E-state index in [1.165, 1.54) is 0 Å². The van der Waals surface area contributed by atoms with Gasteiger partial charge in [-0.2, -0.15) is 4.98 Å². The normalized spacial score (nSPS) is 19.7. The molecule has 1 fully saturated rings. The van der Waals surface area contributed by atoms with Crippen molar-refractivity contribution in [3.63, 3.8) is 0 Å². The lowest BCUT2D eigenvalue weighted by atomic mass is 10.1. The van der Waals surface area contributed by atoms with Crippen molar-refractivity contribution in [3.05, 3.63) is 11.7 Å². The monoisotopic (exact) mass is 152 g/mol. The summed E-state index contributed by atoms with van der Waals surface area (Å²) in [5, 5.41) is 3.70. The summed E-state index contributed by atoms with van der Waals surface area (Å²) in [6.45, 7) is 2.06. The van der Waals surface area contributed by atoms with Crippen LogP contribution in [0.15, 0.2) is 4.52 Å². The van der Waals surface area contributed by atoms with Crippen LogP contribution in [0, 0.1) is 0 Å². The molecule has 0 unspecified atom stereocenters. The largest absolute Gasteiger partial charge is 0.331 e. The van der Waals surface area contributed by atoms with Crippen LogP contribution in [-0.2, 0) is 5.41 Å². The number of rotatable bonds is 2. The highest BCUT2D eigenvalue weighted by Crippen LogP contribution is 2.45. The van der Waals surface area contributed by atoms with Gasteiger partial charge in [0.1, 0.15) is 0 Å². The number of hydrogen-bond acceptors (Lipinski definition) is 4. The summed E-state index contributed by atoms with van der Waals surface area (Å²) < 4.78 is 4.65. The molecule has 4 heteroatoms. The molecule has 0 bridgehead atoms. The number of carbonyl (C=O) groups excluding carboxylic acids is 1. The summed E-state index contributed by atoms with van der Waals surface area (Å²) in [5.74, 6) is 0.743. The predicted octanol–water partition coefficient (Wildman–Crippen LogP) is 0.934. The van der Waals surface area contributed by atoms with E-state index in [1.807, 2.05) is 0 Å². The Morgan fingerprint density at radius 1 is 1.64 bits per heavy atom. The third-order valence-corrected chi connectivity index (χ3v) is 2.08. The van der Waals surface area contributed by atoms with E-state index in [1.54, 1.807) is 0 Å². The van der Waals surface area contributed by atoms with Crippen LogP contribution in [0.1, 0.15) is 36.3 Å². The van der Waals surface area contributed by atoms with Crippen molar-refractivity contribution >= 4 is 6.29 Å². The van der Waals surface area contributed by atoms with E-state index < -0.39 is 0 Å². The van der Waals surface area contributed by atoms with Crippen LogP contribution in [0.4, 0.5) is 0 Å². The first-order valence-corrected chi connectivity index (χ1v) is 3.54. The molecule has 0 atom stereocenters. The van der Waals surface area contributed by atoms with Gasteiger partial charge in [-0.3, -0.25) is 4.79 Å². The number of nitrogens with zero attached hydrogens (tertiary/aromatic N) is 2. The molecule has 4 nitrogen and oxygen atoms in total. The van der Waals surface area contributed by atoms with Gasteiger partial charge in [-0.1, -0.05) is 12.1 Å². The molecule has 11 heavy (non-hydrogen) atoms. The van der Waals surface area contributed by atoms with Crippen molar-refractivity contribution in [3.8, 4) is 0 Å². The molecule has 1 heterocycles. The minimum absolute atomic E-state index is 0.0770. The molecular weight excluding hydrogens is 144 g/mol. The zero-order chi connectivity index (χ0) is 7.90. The molecule has 1 aliphatic carbocycles. The minimum atomic E-state index is 0.0770. The highest BCUT2D eigenvalue weighted by Gasteiger charge is 2.43. The highest BCUT2D eigenvalue weighted by molar-refractivity contribution is 5.67. The fraction of sp³-hybridized carbons (Fsp3) is 0.571. The smallest absolute Gasteiger partial charge is 0.290 e. The second-order valence-electron chi connectivity index (χ2n) is 3.13. The van der Waals surface area contributed by atoms with Crippen LogP contribution >= 0.6 is 0 Å². The molecule has 0 amide bonds. The number of aromatic nitrogens is 2. The lowest BCUT2D eigenvalue weighted by Gasteiger charge is -1.96. The molecule has 2 rings (SSSR count). The number of carbonyl (C=O) groups is 1. The summed E-state index contributed by atoms with van der Waals surface area (Å²) in [5.41, 5.74) is 0.0881. The van der Waals surface area contributed by atoms with E-state index in [0.29, 0.717) is 12.1 Å². The third-order valence-electron chi connectivity index (χ3n) is 2.08. The second kappa shape index (κ2) is 1.90. The molecule has 0 saturated heterocycles. The van der Waals surface area contributed by atoms with Gasteiger partial charge < -0.3 is 4.52 Å². The Morgan fingerprint density at radius 3 is 2.82 bits per heavy atom. The molecule has 1 aromatic rings. The van der Waals surface area contributed by atoms with Crippen LogP contribution in [0.5, 0.6) is 0 Å². The molecule has 0 aliphatic heterocycles. The molecular formula is C7H8N2O2. The molecule has 0 N–H and O–H groups in total. The maximum atomic E-state index is 10.2. The molecule has 1 saturated carbocycles. The van der Waals surface area contributed by atoms with Crippen LogP contribution < -0.4 is 0 Å². The van der Waals surface area contributed by atoms with Crippen molar-refractivity contribution in [1.82, 2.24) is 10.1 Å². The van der Waals surface area contributed by atoms with E-state index in [9.17, 15) is 4.79 Å². The maximum Gasteiger partial charge on any atom is 0.290 e. The van der Waals surface area contributed by atoms with Gasteiger partial charge >= 0.3 is 0 Å². The van der Waals surface area contributed by atoms with Gasteiger partial charge in [0.05, 0.1) is 0 Å². The molecule has 58 valence electrons. The van der Waals surface area contributed by atoms with E-state index in [2.05, 4.69) is 21.6 Å². The van der Waals surface area contributed by atoms with E-state index in [4.69, 9.17) is 0 Å². The van der Waals surface area contributed by atoms with Crippen molar-refractivity contribution < 1.29 is 9.32 Å². The Labute approximate surface area is 63.6 Å². The molecule has 1 aromatic heterocycles. The second-order valence-corrected chi connectivity index (χ2v) is 3.13. The van der Waals surface area contributed by atoms with Crippen molar-refractivity contribution in [2.24, 2.45) is 0 Å². The highest BCUT2D eigenvalue weighted by atomic mass is 16.5. The third kappa shape index (κ3) is 0.943. The Balaban J connectivity index is 2.32. The predicted molar refractivity (Wildman–Crippen MR) is 36.3 cm³/mol. The summed E-state index contributed by atoms with van der Waals surface area (Å²) in [6.07, 6.45) is 2.75. The van der Waals surface area contributed by atoms with Gasteiger partial charge in [-0.05, 0) is 12.8 Å². The van der Waals surface area contributed by atoms with Crippen LogP contribution in [0.3, 0.4) is 0 Å². The molecule has 0 aromatic carbocycles. The zero-order valence-electron chi connectivity index (χ0n) is 6.20. The molecule has 0 radical (unpaired) electrons. The topological polar surface area (TPSA) is 56.0 Å². The quantitative estimate of drug-likeness (QED) is 0.591. The zero-order valence-corrected chi connectivity index (χ0v) is 6.20. The first kappa shape index (κ1) is 6.52. The fourth-order valence-electron chi connectivity index (χ4n) is 0.939. The van der Waals surface area contributed by atoms with Crippen molar-refractivity contribution in [2.45, 2.75) is 25.2 Å². The van der Waals surface area contributed by atoms with E-state index in [0.717, 1.165) is 12.8 Å². The summed E-state index contributed by atoms with van der Waals surface area (Å²) in [4.78, 5) is 14.1. The Kier molecular flexibility index (Phi) is 1.13. The average Bonchev–Trinajstić information content (AvgIpc) is 2.61. The summed E-state index contributed by atoms with van der Waals surface area (Å²) in [7, 11) is 0. The van der Waals surface area contributed by atoms with Gasteiger partial charge in [0.25, 0.3) is 5.89 Å². The van der Waals surface area contributed by atoms with Crippen LogP contribution in [0.25, 0.3) is 0 Å². The lowest BCUT2D eigenvalue weighted by molar-refractivity contribution is 0.108. The number of aldehydes is 1. The average molecular weight is 152 g/mol. The van der Waals surface area contributed by atoms with Crippen molar-refractivity contribution in [1.29, 1.82) is 0 Å². The van der Waals surface area contributed by atoms with Gasteiger partial charge in [0.2, 0.25) is 6.29 Å². The van der Waals surface area contributed by atoms with Gasteiger partial charge in [-0.15, -0.1) is 0 Å². The molecule has 1 aliphatic rings. The fourth-order valence-corrected chi connectivity index (χ4v) is 0.939. The van der Waals surface area contributed by atoms with E-state index >= 15 is 0 Å². The van der Waals surface area contributed by atoms with Gasteiger partial charge in [-0.25, -0.2) is 0 Å².